The number of ketones is 1. The number of carbonyl (C=O) groups excluding carboxylic acids is 2. The number of hydrogen-bond donors (Lipinski definition) is 2. The third kappa shape index (κ3) is 2.83. The van der Waals surface area contributed by atoms with Crippen molar-refractivity contribution in [3.8, 4) is 5.75 Å². The molecule has 3 fully saturated rings. The molecule has 30 heavy (non-hydrogen) atoms. The van der Waals surface area contributed by atoms with E-state index in [1.54, 1.807) is 12.1 Å². The van der Waals surface area contributed by atoms with Gasteiger partial charge in [-0.05, 0) is 75.4 Å². The smallest absolute Gasteiger partial charge is 0.223 e. The summed E-state index contributed by atoms with van der Waals surface area (Å²) in [6, 6.07) is 5.31. The van der Waals surface area contributed by atoms with Gasteiger partial charge < -0.3 is 20.0 Å². The van der Waals surface area contributed by atoms with Gasteiger partial charge in [0.25, 0.3) is 0 Å². The Morgan fingerprint density at radius 3 is 2.73 bits per heavy atom. The summed E-state index contributed by atoms with van der Waals surface area (Å²) >= 11 is 0. The number of piperidine rings is 2. The van der Waals surface area contributed by atoms with Crippen LogP contribution in [0.15, 0.2) is 18.2 Å². The molecule has 2 N–H and O–H groups in total. The predicted octanol–water partition coefficient (Wildman–Crippen LogP) is 2.00. The van der Waals surface area contributed by atoms with E-state index in [4.69, 9.17) is 0 Å². The Morgan fingerprint density at radius 2 is 1.97 bits per heavy atom. The molecule has 2 bridgehead atoms. The van der Waals surface area contributed by atoms with Gasteiger partial charge in [0.1, 0.15) is 11.5 Å². The molecular weight excluding hydrogens is 380 g/mol. The standard InChI is InChI=1S/C24H32N2O4/c1-25-10-7-23-15-20(28)17(12-22(29)26-8-3-2-4-9-26)14-24(23,30)21(25)11-16-5-6-18(27)13-19(16)23/h5-6,13,17,21,27,30H,2-4,7-12,14-15H2,1H3. The topological polar surface area (TPSA) is 81.1 Å². The van der Waals surface area contributed by atoms with Gasteiger partial charge in [0, 0.05) is 43.3 Å². The van der Waals surface area contributed by atoms with E-state index < -0.39 is 16.9 Å². The van der Waals surface area contributed by atoms with Crippen LogP contribution in [0.2, 0.25) is 0 Å². The number of phenolic OH excluding ortho intramolecular Hbond substituents is 1. The summed E-state index contributed by atoms with van der Waals surface area (Å²) in [4.78, 5) is 30.3. The van der Waals surface area contributed by atoms with Crippen LogP contribution in [-0.4, -0.2) is 70.0 Å². The predicted molar refractivity (Wildman–Crippen MR) is 112 cm³/mol. The number of carbonyl (C=O) groups is 2. The summed E-state index contributed by atoms with van der Waals surface area (Å²) in [7, 11) is 2.04. The lowest BCUT2D eigenvalue weighted by Crippen LogP contribution is -2.73. The molecule has 4 aliphatic rings. The second-order valence-electron chi connectivity index (χ2n) is 9.99. The number of nitrogens with zero attached hydrogens (tertiary/aromatic N) is 2. The molecule has 6 heteroatoms. The molecule has 2 saturated heterocycles. The average Bonchev–Trinajstić information content (AvgIpc) is 2.73. The Morgan fingerprint density at radius 1 is 1.20 bits per heavy atom. The highest BCUT2D eigenvalue weighted by Crippen LogP contribution is 2.58. The van der Waals surface area contributed by atoms with Crippen LogP contribution < -0.4 is 0 Å². The molecule has 4 unspecified atom stereocenters. The summed E-state index contributed by atoms with van der Waals surface area (Å²) in [5, 5.41) is 22.3. The van der Waals surface area contributed by atoms with Crippen LogP contribution in [0, 0.1) is 5.92 Å². The van der Waals surface area contributed by atoms with Crippen molar-refractivity contribution >= 4 is 11.7 Å². The molecule has 0 aromatic heterocycles. The zero-order chi connectivity index (χ0) is 21.1. The molecule has 0 spiro atoms. The second kappa shape index (κ2) is 7.06. The summed E-state index contributed by atoms with van der Waals surface area (Å²) in [6.07, 6.45) is 5.40. The Kier molecular flexibility index (Phi) is 4.71. The van der Waals surface area contributed by atoms with Crippen LogP contribution in [-0.2, 0) is 21.4 Å². The van der Waals surface area contributed by atoms with Gasteiger partial charge in [-0.25, -0.2) is 0 Å². The zero-order valence-electron chi connectivity index (χ0n) is 17.8. The number of phenols is 1. The number of amides is 1. The summed E-state index contributed by atoms with van der Waals surface area (Å²) in [5.41, 5.74) is 0.313. The fourth-order valence-corrected chi connectivity index (χ4v) is 6.78. The lowest BCUT2D eigenvalue weighted by molar-refractivity contribution is -0.179. The second-order valence-corrected chi connectivity index (χ2v) is 9.99. The number of rotatable bonds is 2. The summed E-state index contributed by atoms with van der Waals surface area (Å²) in [5.74, 6) is -0.104. The first-order chi connectivity index (χ1) is 14.3. The van der Waals surface area contributed by atoms with E-state index in [1.165, 1.54) is 0 Å². The van der Waals surface area contributed by atoms with Crippen molar-refractivity contribution in [3.05, 3.63) is 29.3 Å². The van der Waals surface area contributed by atoms with E-state index in [2.05, 4.69) is 4.90 Å². The molecular formula is C24H32N2O4. The minimum Gasteiger partial charge on any atom is -0.508 e. The van der Waals surface area contributed by atoms with Crippen LogP contribution in [0.1, 0.15) is 56.1 Å². The minimum absolute atomic E-state index is 0.0555. The Balaban J connectivity index is 1.48. The maximum absolute atomic E-state index is 13.3. The number of aromatic hydroxyl groups is 1. The van der Waals surface area contributed by atoms with Crippen LogP contribution >= 0.6 is 0 Å². The molecule has 1 aromatic carbocycles. The van der Waals surface area contributed by atoms with Crippen LogP contribution in [0.4, 0.5) is 0 Å². The molecule has 162 valence electrons. The lowest BCUT2D eigenvalue weighted by atomic mass is 9.47. The molecule has 1 amide bonds. The van der Waals surface area contributed by atoms with Gasteiger partial charge in [-0.3, -0.25) is 9.59 Å². The van der Waals surface area contributed by atoms with Crippen molar-refractivity contribution in [2.24, 2.45) is 5.92 Å². The molecule has 6 nitrogen and oxygen atoms in total. The minimum atomic E-state index is -1.07. The molecule has 2 heterocycles. The molecule has 2 aliphatic carbocycles. The van der Waals surface area contributed by atoms with Gasteiger partial charge in [-0.1, -0.05) is 6.07 Å². The van der Waals surface area contributed by atoms with Crippen molar-refractivity contribution in [1.29, 1.82) is 0 Å². The third-order valence-corrected chi connectivity index (χ3v) is 8.44. The number of aliphatic hydroxyl groups is 1. The van der Waals surface area contributed by atoms with Gasteiger partial charge in [-0.2, -0.15) is 0 Å². The molecule has 5 rings (SSSR count). The fraction of sp³-hybridized carbons (Fsp3) is 0.667. The van der Waals surface area contributed by atoms with Crippen molar-refractivity contribution in [2.75, 3.05) is 26.7 Å². The Hall–Kier alpha value is -1.92. The highest BCUT2D eigenvalue weighted by molar-refractivity contribution is 5.89. The number of Topliss-reactive ketones (excluding diaryl/α,β-unsaturated/α-hetero) is 1. The van der Waals surface area contributed by atoms with Gasteiger partial charge in [0.05, 0.1) is 5.60 Å². The first-order valence-corrected chi connectivity index (χ1v) is 11.4. The maximum Gasteiger partial charge on any atom is 0.223 e. The van der Waals surface area contributed by atoms with E-state index in [0.717, 1.165) is 50.0 Å². The zero-order valence-corrected chi connectivity index (χ0v) is 17.8. The molecule has 1 saturated carbocycles. The molecule has 0 radical (unpaired) electrons. The quantitative estimate of drug-likeness (QED) is 0.777. The van der Waals surface area contributed by atoms with E-state index in [9.17, 15) is 19.8 Å². The highest BCUT2D eigenvalue weighted by Gasteiger charge is 2.66. The van der Waals surface area contributed by atoms with Gasteiger partial charge in [0.15, 0.2) is 0 Å². The van der Waals surface area contributed by atoms with E-state index in [1.807, 2.05) is 18.0 Å². The van der Waals surface area contributed by atoms with Gasteiger partial charge in [0.2, 0.25) is 5.91 Å². The third-order valence-electron chi connectivity index (χ3n) is 8.44. The number of benzene rings is 1. The van der Waals surface area contributed by atoms with E-state index in [-0.39, 0.29) is 36.3 Å². The Bertz CT molecular complexity index is 880. The van der Waals surface area contributed by atoms with Crippen molar-refractivity contribution in [3.63, 3.8) is 0 Å². The van der Waals surface area contributed by atoms with Gasteiger partial charge >= 0.3 is 0 Å². The number of likely N-dealkylation sites (tertiary alicyclic amines) is 2. The van der Waals surface area contributed by atoms with Crippen molar-refractivity contribution in [1.82, 2.24) is 9.80 Å². The first kappa shape index (κ1) is 20.0. The normalized spacial score (nSPS) is 36.2. The average molecular weight is 413 g/mol. The molecule has 2 aliphatic heterocycles. The maximum atomic E-state index is 13.3. The Labute approximate surface area is 177 Å². The van der Waals surface area contributed by atoms with Crippen LogP contribution in [0.3, 0.4) is 0 Å². The van der Waals surface area contributed by atoms with Gasteiger partial charge in [-0.15, -0.1) is 0 Å². The lowest BCUT2D eigenvalue weighted by Gasteiger charge is -2.63. The van der Waals surface area contributed by atoms with E-state index in [0.29, 0.717) is 19.3 Å². The largest absolute Gasteiger partial charge is 0.508 e. The van der Waals surface area contributed by atoms with Crippen LogP contribution in [0.5, 0.6) is 5.75 Å². The van der Waals surface area contributed by atoms with E-state index >= 15 is 0 Å². The monoisotopic (exact) mass is 412 g/mol. The fourth-order valence-electron chi connectivity index (χ4n) is 6.78. The summed E-state index contributed by atoms with van der Waals surface area (Å²) < 4.78 is 0. The number of hydrogen-bond acceptors (Lipinski definition) is 5. The SMILES string of the molecule is CN1CCC23CC(=O)C(CC(=O)N4CCCCC4)CC2(O)C1Cc1ccc(O)cc13. The highest BCUT2D eigenvalue weighted by atomic mass is 16.3. The van der Waals surface area contributed by atoms with Crippen molar-refractivity contribution in [2.45, 2.75) is 68.4 Å². The van der Waals surface area contributed by atoms with Crippen molar-refractivity contribution < 1.29 is 19.8 Å². The summed E-state index contributed by atoms with van der Waals surface area (Å²) in [6.45, 7) is 2.38. The number of fused-ring (bicyclic) bond motifs is 1. The number of likely N-dealkylation sites (N-methyl/N-ethyl adjacent to an activating group) is 1. The molecule has 1 aromatic rings. The van der Waals surface area contributed by atoms with Crippen LogP contribution in [0.25, 0.3) is 0 Å². The molecule has 4 atom stereocenters. The first-order valence-electron chi connectivity index (χ1n) is 11.4.